The predicted octanol–water partition coefficient (Wildman–Crippen LogP) is 0.259. The van der Waals surface area contributed by atoms with Gasteiger partial charge in [-0.2, -0.15) is 4.98 Å². The van der Waals surface area contributed by atoms with E-state index in [1.807, 2.05) is 11.8 Å². The van der Waals surface area contributed by atoms with Crippen LogP contribution >= 0.6 is 0 Å². The second-order valence-corrected chi connectivity index (χ2v) is 8.92. The highest BCUT2D eigenvalue weighted by molar-refractivity contribution is 7.92. The lowest BCUT2D eigenvalue weighted by molar-refractivity contribution is 0.353. The molecule has 0 bridgehead atoms. The largest absolute Gasteiger partial charge is 0.356 e. The number of guanidine groups is 1. The Hall–Kier alpha value is -1.64. The summed E-state index contributed by atoms with van der Waals surface area (Å²) in [5, 5.41) is 7.14. The summed E-state index contributed by atoms with van der Waals surface area (Å²) >= 11 is 0. The summed E-state index contributed by atoms with van der Waals surface area (Å²) < 4.78 is 28.4. The fourth-order valence-corrected chi connectivity index (χ4v) is 3.84. The fraction of sp³-hybridized carbons (Fsp3) is 0.786. The molecule has 1 aliphatic rings. The van der Waals surface area contributed by atoms with Crippen LogP contribution in [-0.2, 0) is 22.7 Å². The van der Waals surface area contributed by atoms with Crippen LogP contribution < -0.4 is 5.32 Å². The third kappa shape index (κ3) is 4.01. The number of rotatable bonds is 4. The molecule has 1 aromatic heterocycles. The standard InChI is InChI=1S/C14H25N5O3S/c1-5-12-17-11(18-22-12)6-7-16-13(15-4)19-8-9-23(20,21)14(2,3)10-19/h5-10H2,1-4H3,(H,15,16). The van der Waals surface area contributed by atoms with Gasteiger partial charge in [0.15, 0.2) is 21.6 Å². The smallest absolute Gasteiger partial charge is 0.226 e. The van der Waals surface area contributed by atoms with E-state index in [0.717, 1.165) is 6.42 Å². The molecule has 23 heavy (non-hydrogen) atoms. The van der Waals surface area contributed by atoms with Crippen LogP contribution in [0.4, 0.5) is 0 Å². The van der Waals surface area contributed by atoms with E-state index in [2.05, 4.69) is 20.4 Å². The molecule has 1 fully saturated rings. The van der Waals surface area contributed by atoms with Crippen LogP contribution in [0.5, 0.6) is 0 Å². The SMILES string of the molecule is CCc1nc(CCNC(=NC)N2CCS(=O)(=O)C(C)(C)C2)no1. The van der Waals surface area contributed by atoms with Crippen molar-refractivity contribution in [3.8, 4) is 0 Å². The van der Waals surface area contributed by atoms with E-state index in [4.69, 9.17) is 4.52 Å². The molecule has 0 radical (unpaired) electrons. The second kappa shape index (κ2) is 6.86. The Balaban J connectivity index is 1.91. The minimum atomic E-state index is -3.06. The van der Waals surface area contributed by atoms with Crippen molar-refractivity contribution in [2.45, 2.75) is 38.4 Å². The predicted molar refractivity (Wildman–Crippen MR) is 88.2 cm³/mol. The summed E-state index contributed by atoms with van der Waals surface area (Å²) in [6.45, 7) is 6.97. The van der Waals surface area contributed by atoms with Gasteiger partial charge in [-0.25, -0.2) is 8.42 Å². The molecular weight excluding hydrogens is 318 g/mol. The van der Waals surface area contributed by atoms with Crippen molar-refractivity contribution < 1.29 is 12.9 Å². The van der Waals surface area contributed by atoms with E-state index < -0.39 is 14.6 Å². The Labute approximate surface area is 137 Å². The van der Waals surface area contributed by atoms with Crippen molar-refractivity contribution in [2.24, 2.45) is 4.99 Å². The van der Waals surface area contributed by atoms with Crippen molar-refractivity contribution in [3.63, 3.8) is 0 Å². The normalized spacial score (nSPS) is 20.5. The van der Waals surface area contributed by atoms with Gasteiger partial charge < -0.3 is 14.7 Å². The number of nitrogens with one attached hydrogen (secondary N) is 1. The number of sulfone groups is 1. The van der Waals surface area contributed by atoms with E-state index >= 15 is 0 Å². The molecule has 0 unspecified atom stereocenters. The number of hydrogen-bond acceptors (Lipinski definition) is 6. The lowest BCUT2D eigenvalue weighted by Crippen LogP contribution is -2.57. The van der Waals surface area contributed by atoms with Gasteiger partial charge in [0, 0.05) is 39.5 Å². The zero-order chi connectivity index (χ0) is 17.1. The quantitative estimate of drug-likeness (QED) is 0.618. The molecule has 0 amide bonds. The van der Waals surface area contributed by atoms with Gasteiger partial charge >= 0.3 is 0 Å². The van der Waals surface area contributed by atoms with Crippen LogP contribution in [0.2, 0.25) is 0 Å². The van der Waals surface area contributed by atoms with Crippen LogP contribution in [0.1, 0.15) is 32.5 Å². The second-order valence-electron chi connectivity index (χ2n) is 6.18. The monoisotopic (exact) mass is 343 g/mol. The van der Waals surface area contributed by atoms with Gasteiger partial charge in [0.2, 0.25) is 5.89 Å². The lowest BCUT2D eigenvalue weighted by atomic mass is 10.2. The van der Waals surface area contributed by atoms with Gasteiger partial charge in [-0.05, 0) is 13.8 Å². The molecule has 2 heterocycles. The van der Waals surface area contributed by atoms with Gasteiger partial charge in [0.1, 0.15) is 0 Å². The van der Waals surface area contributed by atoms with Gasteiger partial charge in [0.05, 0.1) is 10.5 Å². The molecule has 1 N–H and O–H groups in total. The molecule has 0 aromatic carbocycles. The Morgan fingerprint density at radius 1 is 1.48 bits per heavy atom. The molecule has 8 nitrogen and oxygen atoms in total. The highest BCUT2D eigenvalue weighted by Crippen LogP contribution is 2.23. The number of aryl methyl sites for hydroxylation is 1. The topological polar surface area (TPSA) is 101 Å². The van der Waals surface area contributed by atoms with Crippen LogP contribution in [-0.4, -0.2) is 66.6 Å². The minimum Gasteiger partial charge on any atom is -0.356 e. The molecule has 0 atom stereocenters. The summed E-state index contributed by atoms with van der Waals surface area (Å²) in [6.07, 6.45) is 1.34. The summed E-state index contributed by atoms with van der Waals surface area (Å²) in [6, 6.07) is 0. The zero-order valence-corrected chi connectivity index (χ0v) is 15.0. The maximum atomic E-state index is 12.1. The first kappa shape index (κ1) is 17.7. The maximum Gasteiger partial charge on any atom is 0.226 e. The first-order chi connectivity index (χ1) is 10.8. The van der Waals surface area contributed by atoms with E-state index in [1.165, 1.54) is 0 Å². The molecule has 9 heteroatoms. The minimum absolute atomic E-state index is 0.144. The molecule has 0 spiro atoms. The zero-order valence-electron chi connectivity index (χ0n) is 14.2. The highest BCUT2D eigenvalue weighted by Gasteiger charge is 2.40. The van der Waals surface area contributed by atoms with Crippen molar-refractivity contribution in [2.75, 3.05) is 32.4 Å². The molecule has 1 saturated heterocycles. The highest BCUT2D eigenvalue weighted by atomic mass is 32.2. The summed E-state index contributed by atoms with van der Waals surface area (Å²) in [4.78, 5) is 10.5. The van der Waals surface area contributed by atoms with Gasteiger partial charge in [-0.1, -0.05) is 12.1 Å². The van der Waals surface area contributed by atoms with Crippen LogP contribution in [0, 0.1) is 0 Å². The molecular formula is C14H25N5O3S. The van der Waals surface area contributed by atoms with Gasteiger partial charge in [0.25, 0.3) is 0 Å². The molecule has 1 aliphatic heterocycles. The number of aromatic nitrogens is 2. The van der Waals surface area contributed by atoms with Gasteiger partial charge in [-0.3, -0.25) is 4.99 Å². The first-order valence-corrected chi connectivity index (χ1v) is 9.43. The average molecular weight is 343 g/mol. The fourth-order valence-electron chi connectivity index (χ4n) is 2.48. The van der Waals surface area contributed by atoms with Crippen LogP contribution in [0.15, 0.2) is 9.52 Å². The lowest BCUT2D eigenvalue weighted by Gasteiger charge is -2.39. The molecule has 0 saturated carbocycles. The van der Waals surface area contributed by atoms with Crippen molar-refractivity contribution in [1.29, 1.82) is 0 Å². The number of aliphatic imine (C=N–C) groups is 1. The third-order valence-corrected chi connectivity index (χ3v) is 6.53. The summed E-state index contributed by atoms with van der Waals surface area (Å²) in [5.41, 5.74) is 0. The molecule has 130 valence electrons. The summed E-state index contributed by atoms with van der Waals surface area (Å²) in [5.74, 6) is 2.14. The number of nitrogens with zero attached hydrogens (tertiary/aromatic N) is 4. The Bertz CT molecular complexity index is 666. The van der Waals surface area contributed by atoms with Crippen LogP contribution in [0.3, 0.4) is 0 Å². The van der Waals surface area contributed by atoms with Crippen LogP contribution in [0.25, 0.3) is 0 Å². The molecule has 0 aliphatic carbocycles. The number of hydrogen-bond donors (Lipinski definition) is 1. The summed E-state index contributed by atoms with van der Waals surface area (Å²) in [7, 11) is -1.36. The maximum absolute atomic E-state index is 12.1. The van der Waals surface area contributed by atoms with E-state index in [1.54, 1.807) is 20.9 Å². The Morgan fingerprint density at radius 2 is 2.22 bits per heavy atom. The van der Waals surface area contributed by atoms with Gasteiger partial charge in [-0.15, -0.1) is 0 Å². The Morgan fingerprint density at radius 3 is 2.78 bits per heavy atom. The van der Waals surface area contributed by atoms with Crippen molar-refractivity contribution >= 4 is 15.8 Å². The average Bonchev–Trinajstić information content (AvgIpc) is 2.95. The van der Waals surface area contributed by atoms with Crippen molar-refractivity contribution in [1.82, 2.24) is 20.4 Å². The van der Waals surface area contributed by atoms with E-state index in [0.29, 0.717) is 43.7 Å². The van der Waals surface area contributed by atoms with E-state index in [-0.39, 0.29) is 5.75 Å². The molecule has 2 rings (SSSR count). The first-order valence-electron chi connectivity index (χ1n) is 7.78. The third-order valence-electron chi connectivity index (χ3n) is 4.00. The van der Waals surface area contributed by atoms with Crippen molar-refractivity contribution in [3.05, 3.63) is 11.7 Å². The van der Waals surface area contributed by atoms with E-state index in [9.17, 15) is 8.42 Å². The molecule has 1 aromatic rings. The Kier molecular flexibility index (Phi) is 5.28.